The number of esters is 2. The Morgan fingerprint density at radius 1 is 0.889 bits per heavy atom. The summed E-state index contributed by atoms with van der Waals surface area (Å²) in [5, 5.41) is 0. The van der Waals surface area contributed by atoms with Gasteiger partial charge in [-0.3, -0.25) is 0 Å². The SMILES string of the molecule is CCCCC(CC)COC(=O)C1=C(C(=O)OCC(CC)CCCC)SSN1. The number of hydrogen-bond donors (Lipinski definition) is 1. The second kappa shape index (κ2) is 14.2. The second-order valence-corrected chi connectivity index (χ2v) is 8.95. The van der Waals surface area contributed by atoms with E-state index in [4.69, 9.17) is 9.47 Å². The van der Waals surface area contributed by atoms with Crippen molar-refractivity contribution in [2.24, 2.45) is 11.8 Å². The average molecular weight is 418 g/mol. The molecule has 0 amide bonds. The maximum atomic E-state index is 12.4. The Morgan fingerprint density at radius 2 is 1.41 bits per heavy atom. The lowest BCUT2D eigenvalue weighted by Gasteiger charge is -2.16. The zero-order chi connectivity index (χ0) is 20.1. The van der Waals surface area contributed by atoms with Crippen LogP contribution in [0.3, 0.4) is 0 Å². The zero-order valence-electron chi connectivity index (χ0n) is 17.2. The Balaban J connectivity index is 2.57. The predicted octanol–water partition coefficient (Wildman–Crippen LogP) is 5.62. The van der Waals surface area contributed by atoms with Crippen LogP contribution in [-0.2, 0) is 19.1 Å². The van der Waals surface area contributed by atoms with Crippen LogP contribution in [0.25, 0.3) is 0 Å². The Morgan fingerprint density at radius 3 is 1.89 bits per heavy atom. The Kier molecular flexibility index (Phi) is 12.8. The highest BCUT2D eigenvalue weighted by Crippen LogP contribution is 2.38. The van der Waals surface area contributed by atoms with Gasteiger partial charge in [0.25, 0.3) is 0 Å². The first-order chi connectivity index (χ1) is 13.1. The summed E-state index contributed by atoms with van der Waals surface area (Å²) in [7, 11) is 2.47. The Bertz CT molecular complexity index is 454. The standard InChI is InChI=1S/C20H35NO4S2/c1-5-9-11-15(7-3)13-24-19(22)17-18(26-27-21-17)20(23)25-14-16(8-4)12-10-6-2/h15-16,21H,5-14H2,1-4H3. The van der Waals surface area contributed by atoms with Gasteiger partial charge in [-0.25, -0.2) is 9.59 Å². The molecule has 5 nitrogen and oxygen atoms in total. The Hall–Kier alpha value is -0.820. The number of rotatable bonds is 14. The fourth-order valence-corrected chi connectivity index (χ4v) is 4.67. The van der Waals surface area contributed by atoms with E-state index in [0.29, 0.717) is 30.0 Å². The molecular weight excluding hydrogens is 382 g/mol. The highest BCUT2D eigenvalue weighted by atomic mass is 33.1. The van der Waals surface area contributed by atoms with Gasteiger partial charge in [-0.1, -0.05) is 66.2 Å². The van der Waals surface area contributed by atoms with Crippen molar-refractivity contribution < 1.29 is 19.1 Å². The lowest BCUT2D eigenvalue weighted by Crippen LogP contribution is -2.22. The number of carbonyl (C=O) groups excluding carboxylic acids is 2. The maximum Gasteiger partial charge on any atom is 0.356 e. The maximum absolute atomic E-state index is 12.4. The van der Waals surface area contributed by atoms with E-state index in [1.54, 1.807) is 0 Å². The van der Waals surface area contributed by atoms with E-state index in [0.717, 1.165) is 51.4 Å². The van der Waals surface area contributed by atoms with Crippen molar-refractivity contribution in [3.8, 4) is 0 Å². The van der Waals surface area contributed by atoms with Gasteiger partial charge in [-0.05, 0) is 35.5 Å². The van der Waals surface area contributed by atoms with E-state index in [-0.39, 0.29) is 5.70 Å². The quantitative estimate of drug-likeness (QED) is 0.224. The fourth-order valence-electron chi connectivity index (χ4n) is 2.78. The molecule has 0 aliphatic carbocycles. The third kappa shape index (κ3) is 8.81. The van der Waals surface area contributed by atoms with E-state index in [1.165, 1.54) is 21.8 Å². The van der Waals surface area contributed by atoms with Crippen molar-refractivity contribution in [2.75, 3.05) is 13.2 Å². The first-order valence-electron chi connectivity index (χ1n) is 10.2. The molecule has 0 bridgehead atoms. The molecule has 0 saturated heterocycles. The summed E-state index contributed by atoms with van der Waals surface area (Å²) in [4.78, 5) is 25.2. The second-order valence-electron chi connectivity index (χ2n) is 7.00. The van der Waals surface area contributed by atoms with Crippen LogP contribution in [-0.4, -0.2) is 25.2 Å². The molecule has 1 aliphatic rings. The minimum absolute atomic E-state index is 0.224. The number of ether oxygens (including phenoxy) is 2. The lowest BCUT2D eigenvalue weighted by atomic mass is 10.0. The van der Waals surface area contributed by atoms with Crippen molar-refractivity contribution >= 4 is 33.7 Å². The molecule has 27 heavy (non-hydrogen) atoms. The van der Waals surface area contributed by atoms with Crippen molar-refractivity contribution in [3.63, 3.8) is 0 Å². The van der Waals surface area contributed by atoms with Crippen LogP contribution < -0.4 is 4.72 Å². The van der Waals surface area contributed by atoms with Gasteiger partial charge in [0.2, 0.25) is 0 Å². The van der Waals surface area contributed by atoms with E-state index < -0.39 is 11.9 Å². The van der Waals surface area contributed by atoms with Crippen LogP contribution in [0.1, 0.15) is 79.1 Å². The van der Waals surface area contributed by atoms with Crippen molar-refractivity contribution in [1.29, 1.82) is 0 Å². The molecule has 156 valence electrons. The van der Waals surface area contributed by atoms with Crippen LogP contribution in [0, 0.1) is 11.8 Å². The molecule has 1 N–H and O–H groups in total. The van der Waals surface area contributed by atoms with Gasteiger partial charge in [0.05, 0.1) is 13.2 Å². The topological polar surface area (TPSA) is 64.6 Å². The zero-order valence-corrected chi connectivity index (χ0v) is 18.8. The molecule has 0 saturated carbocycles. The van der Waals surface area contributed by atoms with Crippen molar-refractivity contribution in [1.82, 2.24) is 4.72 Å². The van der Waals surface area contributed by atoms with E-state index in [2.05, 4.69) is 32.4 Å². The molecule has 0 aromatic carbocycles. The monoisotopic (exact) mass is 417 g/mol. The summed E-state index contributed by atoms with van der Waals surface area (Å²) in [5.41, 5.74) is 0.224. The van der Waals surface area contributed by atoms with Gasteiger partial charge in [0, 0.05) is 11.0 Å². The summed E-state index contributed by atoms with van der Waals surface area (Å²) < 4.78 is 13.8. The van der Waals surface area contributed by atoms with Gasteiger partial charge in [-0.2, -0.15) is 0 Å². The van der Waals surface area contributed by atoms with Crippen LogP contribution >= 0.6 is 21.8 Å². The largest absolute Gasteiger partial charge is 0.461 e. The van der Waals surface area contributed by atoms with Crippen LogP contribution in [0.5, 0.6) is 0 Å². The van der Waals surface area contributed by atoms with Gasteiger partial charge in [0.15, 0.2) is 5.70 Å². The molecule has 7 heteroatoms. The highest BCUT2D eigenvalue weighted by Gasteiger charge is 2.30. The molecule has 1 heterocycles. The lowest BCUT2D eigenvalue weighted by molar-refractivity contribution is -0.143. The molecule has 2 atom stereocenters. The molecule has 0 fully saturated rings. The van der Waals surface area contributed by atoms with Crippen LogP contribution in [0.2, 0.25) is 0 Å². The van der Waals surface area contributed by atoms with E-state index >= 15 is 0 Å². The molecule has 1 aliphatic heterocycles. The molecule has 0 aromatic heterocycles. The molecule has 0 aromatic rings. The molecule has 1 rings (SSSR count). The average Bonchev–Trinajstić information content (AvgIpc) is 3.18. The van der Waals surface area contributed by atoms with Crippen molar-refractivity contribution in [2.45, 2.75) is 79.1 Å². The van der Waals surface area contributed by atoms with Crippen molar-refractivity contribution in [3.05, 3.63) is 10.6 Å². The van der Waals surface area contributed by atoms with Crippen LogP contribution in [0.4, 0.5) is 0 Å². The van der Waals surface area contributed by atoms with Gasteiger partial charge in [0.1, 0.15) is 4.91 Å². The third-order valence-electron chi connectivity index (χ3n) is 4.87. The van der Waals surface area contributed by atoms with E-state index in [9.17, 15) is 9.59 Å². The third-order valence-corrected chi connectivity index (χ3v) is 6.78. The molecule has 0 spiro atoms. The van der Waals surface area contributed by atoms with Gasteiger partial charge >= 0.3 is 11.9 Å². The summed E-state index contributed by atoms with van der Waals surface area (Å²) in [6, 6.07) is 0. The number of carbonyl (C=O) groups is 2. The summed E-state index contributed by atoms with van der Waals surface area (Å²) in [6.07, 6.45) is 8.63. The molecule has 0 radical (unpaired) electrons. The fraction of sp³-hybridized carbons (Fsp3) is 0.800. The number of hydrogen-bond acceptors (Lipinski definition) is 7. The first kappa shape index (κ1) is 24.2. The van der Waals surface area contributed by atoms with Gasteiger partial charge < -0.3 is 14.2 Å². The smallest absolute Gasteiger partial charge is 0.356 e. The summed E-state index contributed by atoms with van der Waals surface area (Å²) in [6.45, 7) is 9.34. The summed E-state index contributed by atoms with van der Waals surface area (Å²) in [5.74, 6) is -0.152. The number of nitrogens with one attached hydrogen (secondary N) is 1. The number of unbranched alkanes of at least 4 members (excludes halogenated alkanes) is 2. The highest BCUT2D eigenvalue weighted by molar-refractivity contribution is 8.78. The Labute approximate surface area is 172 Å². The summed E-state index contributed by atoms with van der Waals surface area (Å²) >= 11 is 0. The van der Waals surface area contributed by atoms with Gasteiger partial charge in [-0.15, -0.1) is 0 Å². The molecular formula is C20H35NO4S2. The minimum atomic E-state index is -0.465. The first-order valence-corrected chi connectivity index (χ1v) is 12.4. The predicted molar refractivity (Wildman–Crippen MR) is 114 cm³/mol. The van der Waals surface area contributed by atoms with Crippen LogP contribution in [0.15, 0.2) is 10.6 Å². The van der Waals surface area contributed by atoms with E-state index in [1.807, 2.05) is 0 Å². The minimum Gasteiger partial charge on any atom is -0.461 e. The normalized spacial score (nSPS) is 16.0. The molecule has 2 unspecified atom stereocenters.